The van der Waals surface area contributed by atoms with Crippen molar-refractivity contribution in [1.82, 2.24) is 15.1 Å². The highest BCUT2D eigenvalue weighted by atomic mass is 32.1. The Kier molecular flexibility index (Phi) is 4.19. The minimum Gasteiger partial charge on any atom is -0.421 e. The van der Waals surface area contributed by atoms with Gasteiger partial charge >= 0.3 is 0 Å². The molecular formula is C14H16N4O3S. The van der Waals surface area contributed by atoms with E-state index in [-0.39, 0.29) is 24.2 Å². The molecule has 8 heteroatoms. The van der Waals surface area contributed by atoms with Crippen LogP contribution in [-0.2, 0) is 16.0 Å². The van der Waals surface area contributed by atoms with Crippen LogP contribution in [0.3, 0.4) is 0 Å². The fourth-order valence-corrected chi connectivity index (χ4v) is 3.08. The summed E-state index contributed by atoms with van der Waals surface area (Å²) in [5, 5.41) is 11.8. The lowest BCUT2D eigenvalue weighted by molar-refractivity contribution is -0.130. The van der Waals surface area contributed by atoms with Crippen LogP contribution < -0.4 is 5.73 Å². The van der Waals surface area contributed by atoms with Crippen LogP contribution in [0.15, 0.2) is 21.2 Å². The molecule has 0 aliphatic carbocycles. The Balaban J connectivity index is 1.52. The van der Waals surface area contributed by atoms with E-state index in [9.17, 15) is 9.59 Å². The van der Waals surface area contributed by atoms with Crippen molar-refractivity contribution in [3.05, 3.63) is 22.7 Å². The van der Waals surface area contributed by atoms with E-state index < -0.39 is 0 Å². The van der Waals surface area contributed by atoms with Gasteiger partial charge in [-0.05, 0) is 17.9 Å². The van der Waals surface area contributed by atoms with Gasteiger partial charge in [0.25, 0.3) is 0 Å². The molecule has 0 spiro atoms. The highest BCUT2D eigenvalue weighted by molar-refractivity contribution is 7.08. The minimum absolute atomic E-state index is 0.0148. The number of primary amides is 1. The third kappa shape index (κ3) is 3.16. The number of carbonyl (C=O) groups excluding carboxylic acids is 2. The Bertz CT molecular complexity index is 667. The monoisotopic (exact) mass is 320 g/mol. The van der Waals surface area contributed by atoms with Gasteiger partial charge in [-0.1, -0.05) is 0 Å². The predicted molar refractivity (Wildman–Crippen MR) is 79.8 cm³/mol. The number of nitrogens with zero attached hydrogens (tertiary/aromatic N) is 3. The number of hydrogen-bond donors (Lipinski definition) is 1. The molecule has 1 atom stereocenters. The van der Waals surface area contributed by atoms with Gasteiger partial charge in [0.1, 0.15) is 0 Å². The van der Waals surface area contributed by atoms with Gasteiger partial charge in [0.2, 0.25) is 23.6 Å². The molecule has 3 rings (SSSR count). The molecule has 0 aromatic carbocycles. The molecule has 116 valence electrons. The molecule has 1 saturated heterocycles. The fraction of sp³-hybridized carbons (Fsp3) is 0.429. The molecule has 7 nitrogen and oxygen atoms in total. The number of hydrogen-bond acceptors (Lipinski definition) is 6. The summed E-state index contributed by atoms with van der Waals surface area (Å²) in [6, 6.07) is 1.90. The minimum atomic E-state index is -0.340. The largest absolute Gasteiger partial charge is 0.421 e. The lowest BCUT2D eigenvalue weighted by Gasteiger charge is -2.15. The molecule has 22 heavy (non-hydrogen) atoms. The van der Waals surface area contributed by atoms with Crippen LogP contribution in [0.1, 0.15) is 18.7 Å². The summed E-state index contributed by atoms with van der Waals surface area (Å²) in [5.74, 6) is 0.336. The second-order valence-electron chi connectivity index (χ2n) is 5.24. The maximum absolute atomic E-state index is 12.1. The van der Waals surface area contributed by atoms with E-state index in [0.717, 1.165) is 5.56 Å². The van der Waals surface area contributed by atoms with Crippen LogP contribution in [-0.4, -0.2) is 40.0 Å². The predicted octanol–water partition coefficient (Wildman–Crippen LogP) is 1.06. The average molecular weight is 320 g/mol. The van der Waals surface area contributed by atoms with Crippen LogP contribution in [0.25, 0.3) is 11.5 Å². The summed E-state index contributed by atoms with van der Waals surface area (Å²) in [6.07, 6.45) is 1.33. The molecule has 1 aliphatic heterocycles. The van der Waals surface area contributed by atoms with Crippen molar-refractivity contribution in [2.24, 2.45) is 11.7 Å². The summed E-state index contributed by atoms with van der Waals surface area (Å²) in [7, 11) is 0. The zero-order valence-corrected chi connectivity index (χ0v) is 12.7. The fourth-order valence-electron chi connectivity index (χ4n) is 2.45. The molecule has 2 aromatic rings. The number of thiophene rings is 1. The number of aryl methyl sites for hydroxylation is 1. The third-order valence-corrected chi connectivity index (χ3v) is 4.41. The van der Waals surface area contributed by atoms with E-state index in [1.165, 1.54) is 0 Å². The molecule has 1 aliphatic rings. The molecule has 3 heterocycles. The first-order valence-electron chi connectivity index (χ1n) is 7.05. The van der Waals surface area contributed by atoms with Gasteiger partial charge in [-0.15, -0.1) is 10.2 Å². The topological polar surface area (TPSA) is 102 Å². The molecule has 2 N–H and O–H groups in total. The highest BCUT2D eigenvalue weighted by Gasteiger charge is 2.29. The van der Waals surface area contributed by atoms with Crippen LogP contribution in [0.2, 0.25) is 0 Å². The number of nitrogens with two attached hydrogens (primary N) is 1. The first-order valence-corrected chi connectivity index (χ1v) is 8.00. The molecule has 0 radical (unpaired) electrons. The van der Waals surface area contributed by atoms with Crippen molar-refractivity contribution in [2.45, 2.75) is 19.3 Å². The first-order chi connectivity index (χ1) is 10.6. The standard InChI is InChI=1S/C14H16N4O3S/c15-13(20)9-3-5-18(7-9)12(19)2-1-11-16-17-14(21-11)10-4-6-22-8-10/h4,6,8-9H,1-3,5,7H2,(H2,15,20)/t9-/m0/s1. The Hall–Kier alpha value is -2.22. The molecule has 0 bridgehead atoms. The highest BCUT2D eigenvalue weighted by Crippen LogP contribution is 2.21. The van der Waals surface area contributed by atoms with E-state index in [2.05, 4.69) is 10.2 Å². The van der Waals surface area contributed by atoms with Crippen molar-refractivity contribution in [2.75, 3.05) is 13.1 Å². The summed E-state index contributed by atoms with van der Waals surface area (Å²) < 4.78 is 5.54. The molecule has 0 unspecified atom stereocenters. The molecule has 2 aromatic heterocycles. The second kappa shape index (κ2) is 6.27. The SMILES string of the molecule is NC(=O)[C@H]1CCN(C(=O)CCc2nnc(-c3ccsc3)o2)C1. The number of aromatic nitrogens is 2. The van der Waals surface area contributed by atoms with Crippen molar-refractivity contribution >= 4 is 23.2 Å². The number of carbonyl (C=O) groups is 2. The maximum Gasteiger partial charge on any atom is 0.248 e. The van der Waals surface area contributed by atoms with Gasteiger partial charge in [-0.3, -0.25) is 9.59 Å². The Morgan fingerprint density at radius 2 is 2.32 bits per heavy atom. The van der Waals surface area contributed by atoms with Crippen LogP contribution in [0.5, 0.6) is 0 Å². The average Bonchev–Trinajstić information content (AvgIpc) is 3.23. The van der Waals surface area contributed by atoms with E-state index >= 15 is 0 Å². The number of rotatable bonds is 5. The number of likely N-dealkylation sites (tertiary alicyclic amines) is 1. The first kappa shape index (κ1) is 14.7. The van der Waals surface area contributed by atoms with E-state index in [4.69, 9.17) is 10.2 Å². The van der Waals surface area contributed by atoms with Crippen molar-refractivity contribution in [3.63, 3.8) is 0 Å². The molecule has 2 amide bonds. The van der Waals surface area contributed by atoms with Gasteiger partial charge in [0.15, 0.2) is 0 Å². The second-order valence-corrected chi connectivity index (χ2v) is 6.02. The van der Waals surface area contributed by atoms with Crippen molar-refractivity contribution in [1.29, 1.82) is 0 Å². The van der Waals surface area contributed by atoms with Gasteiger partial charge < -0.3 is 15.1 Å². The Labute approximate surface area is 131 Å². The zero-order chi connectivity index (χ0) is 15.5. The Morgan fingerprint density at radius 1 is 1.45 bits per heavy atom. The Morgan fingerprint density at radius 3 is 3.00 bits per heavy atom. The summed E-state index contributed by atoms with van der Waals surface area (Å²) in [6.45, 7) is 0.995. The van der Waals surface area contributed by atoms with E-state index in [0.29, 0.717) is 37.7 Å². The van der Waals surface area contributed by atoms with Gasteiger partial charge in [-0.25, -0.2) is 0 Å². The summed E-state index contributed by atoms with van der Waals surface area (Å²) >= 11 is 1.55. The quantitative estimate of drug-likeness (QED) is 0.887. The lowest BCUT2D eigenvalue weighted by atomic mass is 10.1. The van der Waals surface area contributed by atoms with Crippen molar-refractivity contribution in [3.8, 4) is 11.5 Å². The van der Waals surface area contributed by atoms with Crippen LogP contribution in [0.4, 0.5) is 0 Å². The van der Waals surface area contributed by atoms with E-state index in [1.54, 1.807) is 16.2 Å². The summed E-state index contributed by atoms with van der Waals surface area (Å²) in [4.78, 5) is 24.9. The lowest BCUT2D eigenvalue weighted by Crippen LogP contribution is -2.31. The zero-order valence-electron chi connectivity index (χ0n) is 11.9. The molecule has 1 fully saturated rings. The smallest absolute Gasteiger partial charge is 0.248 e. The van der Waals surface area contributed by atoms with Crippen LogP contribution in [0, 0.1) is 5.92 Å². The van der Waals surface area contributed by atoms with Gasteiger partial charge in [0, 0.05) is 36.9 Å². The molecular weight excluding hydrogens is 304 g/mol. The summed E-state index contributed by atoms with van der Waals surface area (Å²) in [5.41, 5.74) is 6.15. The normalized spacial score (nSPS) is 17.8. The van der Waals surface area contributed by atoms with Gasteiger partial charge in [-0.2, -0.15) is 11.3 Å². The van der Waals surface area contributed by atoms with E-state index in [1.807, 2.05) is 16.8 Å². The third-order valence-electron chi connectivity index (χ3n) is 3.73. The van der Waals surface area contributed by atoms with Gasteiger partial charge in [0.05, 0.1) is 5.92 Å². The van der Waals surface area contributed by atoms with Crippen LogP contribution >= 0.6 is 11.3 Å². The van der Waals surface area contributed by atoms with Crippen molar-refractivity contribution < 1.29 is 14.0 Å². The number of amides is 2. The molecule has 0 saturated carbocycles. The maximum atomic E-state index is 12.1.